The highest BCUT2D eigenvalue weighted by Gasteiger charge is 2.22. The quantitative estimate of drug-likeness (QED) is 0.552. The summed E-state index contributed by atoms with van der Waals surface area (Å²) in [6.07, 6.45) is 1.62. The lowest BCUT2D eigenvalue weighted by Crippen LogP contribution is -2.21. The highest BCUT2D eigenvalue weighted by Crippen LogP contribution is 2.29. The van der Waals surface area contributed by atoms with Crippen LogP contribution in [0.3, 0.4) is 0 Å². The first-order valence-electron chi connectivity index (χ1n) is 9.46. The molecule has 0 aromatic heterocycles. The Morgan fingerprint density at radius 2 is 1.50 bits per heavy atom. The zero-order valence-electron chi connectivity index (χ0n) is 16.3. The number of hydrogen-bond donors (Lipinski definition) is 1. The lowest BCUT2D eigenvalue weighted by Gasteiger charge is -2.24. The highest BCUT2D eigenvalue weighted by atomic mass is 19.1. The van der Waals surface area contributed by atoms with Gasteiger partial charge in [-0.1, -0.05) is 68.4 Å². The topological polar surface area (TPSA) is 37.3 Å². The minimum absolute atomic E-state index is 0.173. The van der Waals surface area contributed by atoms with Crippen LogP contribution in [0.15, 0.2) is 72.8 Å². The van der Waals surface area contributed by atoms with E-state index in [1.807, 2.05) is 30.3 Å². The van der Waals surface area contributed by atoms with Gasteiger partial charge in [-0.3, -0.25) is 4.79 Å². The van der Waals surface area contributed by atoms with Crippen molar-refractivity contribution in [3.05, 3.63) is 89.7 Å². The van der Waals surface area contributed by atoms with E-state index in [4.69, 9.17) is 0 Å². The minimum Gasteiger partial charge on any atom is -0.508 e. The molecule has 3 aromatic carbocycles. The Morgan fingerprint density at radius 1 is 0.893 bits per heavy atom. The Balaban J connectivity index is 1.62. The maximum Gasteiger partial charge on any atom is 0.137 e. The summed E-state index contributed by atoms with van der Waals surface area (Å²) in [5.41, 5.74) is 3.31. The molecule has 0 bridgehead atoms. The smallest absolute Gasteiger partial charge is 0.137 e. The molecule has 0 aliphatic rings. The van der Waals surface area contributed by atoms with E-state index in [9.17, 15) is 14.3 Å². The summed E-state index contributed by atoms with van der Waals surface area (Å²) in [5.74, 6) is 0.157. The molecule has 0 fully saturated rings. The molecule has 0 radical (unpaired) electrons. The molecule has 0 aliphatic heterocycles. The van der Waals surface area contributed by atoms with Crippen molar-refractivity contribution in [3.63, 3.8) is 0 Å². The Kier molecular flexibility index (Phi) is 5.93. The second-order valence-electron chi connectivity index (χ2n) is 8.08. The van der Waals surface area contributed by atoms with Crippen LogP contribution in [0.2, 0.25) is 0 Å². The number of phenols is 1. The van der Waals surface area contributed by atoms with E-state index in [1.165, 1.54) is 6.07 Å². The van der Waals surface area contributed by atoms with Gasteiger partial charge in [-0.15, -0.1) is 0 Å². The summed E-state index contributed by atoms with van der Waals surface area (Å²) in [6.45, 7) is 4.18. The average Bonchev–Trinajstić information content (AvgIpc) is 2.64. The van der Waals surface area contributed by atoms with Crippen LogP contribution in [0.5, 0.6) is 5.75 Å². The third kappa shape index (κ3) is 5.29. The number of hydrogen-bond acceptors (Lipinski definition) is 2. The van der Waals surface area contributed by atoms with E-state index in [0.29, 0.717) is 18.4 Å². The SMILES string of the molecule is CC(C)(CC(=O)Cc1ccc(O)cc1)Cc1ccc(-c2ccccc2F)cc1. The first-order chi connectivity index (χ1) is 13.3. The van der Waals surface area contributed by atoms with E-state index in [2.05, 4.69) is 13.8 Å². The van der Waals surface area contributed by atoms with Crippen LogP contribution >= 0.6 is 0 Å². The van der Waals surface area contributed by atoms with Crippen molar-refractivity contribution in [3.8, 4) is 16.9 Å². The summed E-state index contributed by atoms with van der Waals surface area (Å²) >= 11 is 0. The Bertz CT molecular complexity index is 941. The number of Topliss-reactive ketones (excluding diaryl/α,β-unsaturated/α-hetero) is 1. The molecule has 1 N–H and O–H groups in total. The first-order valence-corrected chi connectivity index (χ1v) is 9.46. The van der Waals surface area contributed by atoms with Gasteiger partial charge in [-0.2, -0.15) is 0 Å². The summed E-state index contributed by atoms with van der Waals surface area (Å²) in [4.78, 5) is 12.5. The predicted molar refractivity (Wildman–Crippen MR) is 111 cm³/mol. The van der Waals surface area contributed by atoms with Crippen molar-refractivity contribution in [2.75, 3.05) is 0 Å². The molecular weight excluding hydrogens is 351 g/mol. The molecule has 2 nitrogen and oxygen atoms in total. The van der Waals surface area contributed by atoms with Crippen molar-refractivity contribution in [1.82, 2.24) is 0 Å². The van der Waals surface area contributed by atoms with Crippen molar-refractivity contribution in [2.24, 2.45) is 5.41 Å². The normalized spacial score (nSPS) is 11.4. The van der Waals surface area contributed by atoms with Gasteiger partial charge < -0.3 is 5.11 Å². The lowest BCUT2D eigenvalue weighted by molar-refractivity contribution is -0.120. The monoisotopic (exact) mass is 376 g/mol. The van der Waals surface area contributed by atoms with Gasteiger partial charge in [0.15, 0.2) is 0 Å². The molecule has 3 aromatic rings. The molecule has 144 valence electrons. The van der Waals surface area contributed by atoms with Gasteiger partial charge in [0.25, 0.3) is 0 Å². The van der Waals surface area contributed by atoms with Crippen LogP contribution in [-0.2, 0) is 17.6 Å². The van der Waals surface area contributed by atoms with Crippen molar-refractivity contribution >= 4 is 5.78 Å². The number of rotatable bonds is 7. The molecular formula is C25H25FO2. The number of ketones is 1. The van der Waals surface area contributed by atoms with E-state index in [0.717, 1.165) is 23.1 Å². The number of benzene rings is 3. The summed E-state index contributed by atoms with van der Waals surface area (Å²) in [6, 6.07) is 21.4. The molecule has 3 heteroatoms. The largest absolute Gasteiger partial charge is 0.508 e. The molecule has 0 unspecified atom stereocenters. The third-order valence-electron chi connectivity index (χ3n) is 4.83. The van der Waals surface area contributed by atoms with E-state index < -0.39 is 0 Å². The summed E-state index contributed by atoms with van der Waals surface area (Å²) in [5, 5.41) is 9.34. The lowest BCUT2D eigenvalue weighted by atomic mass is 9.80. The fraction of sp³-hybridized carbons (Fsp3) is 0.240. The predicted octanol–water partition coefficient (Wildman–Crippen LogP) is 5.97. The van der Waals surface area contributed by atoms with Gasteiger partial charge in [0.1, 0.15) is 17.3 Å². The number of aromatic hydroxyl groups is 1. The first kappa shape index (κ1) is 19.8. The second kappa shape index (κ2) is 8.39. The van der Waals surface area contributed by atoms with Crippen LogP contribution in [0, 0.1) is 11.2 Å². The van der Waals surface area contributed by atoms with E-state index in [-0.39, 0.29) is 22.8 Å². The average molecular weight is 376 g/mol. The fourth-order valence-electron chi connectivity index (χ4n) is 3.55. The zero-order chi connectivity index (χ0) is 20.1. The molecule has 0 aliphatic carbocycles. The molecule has 0 spiro atoms. The number of phenolic OH excluding ortho intramolecular Hbond substituents is 1. The van der Waals surface area contributed by atoms with Gasteiger partial charge in [0, 0.05) is 18.4 Å². The zero-order valence-corrected chi connectivity index (χ0v) is 16.3. The molecule has 3 rings (SSSR count). The van der Waals surface area contributed by atoms with Crippen molar-refractivity contribution < 1.29 is 14.3 Å². The Morgan fingerprint density at radius 3 is 2.14 bits per heavy atom. The van der Waals surface area contributed by atoms with Gasteiger partial charge in [0.2, 0.25) is 0 Å². The second-order valence-corrected chi connectivity index (χ2v) is 8.08. The number of halogens is 1. The summed E-state index contributed by atoms with van der Waals surface area (Å²) in [7, 11) is 0. The number of carbonyl (C=O) groups excluding carboxylic acids is 1. The highest BCUT2D eigenvalue weighted by molar-refractivity contribution is 5.81. The van der Waals surface area contributed by atoms with Crippen molar-refractivity contribution in [2.45, 2.75) is 33.1 Å². The number of carbonyl (C=O) groups is 1. The van der Waals surface area contributed by atoms with Crippen LogP contribution in [-0.4, -0.2) is 10.9 Å². The molecule has 0 saturated carbocycles. The standard InChI is InChI=1S/C25H25FO2/c1-25(2,17-22(28)15-18-9-13-21(27)14-10-18)16-19-7-11-20(12-8-19)23-5-3-4-6-24(23)26/h3-14,27H,15-17H2,1-2H3. The van der Waals surface area contributed by atoms with Crippen LogP contribution in [0.4, 0.5) is 4.39 Å². The van der Waals surface area contributed by atoms with Gasteiger partial charge in [-0.25, -0.2) is 4.39 Å². The van der Waals surface area contributed by atoms with Gasteiger partial charge >= 0.3 is 0 Å². The van der Waals surface area contributed by atoms with Crippen LogP contribution in [0.1, 0.15) is 31.4 Å². The van der Waals surface area contributed by atoms with Crippen LogP contribution < -0.4 is 0 Å². The van der Waals surface area contributed by atoms with Gasteiger partial charge in [0.05, 0.1) is 0 Å². The molecule has 0 heterocycles. The summed E-state index contributed by atoms with van der Waals surface area (Å²) < 4.78 is 13.9. The van der Waals surface area contributed by atoms with Gasteiger partial charge in [-0.05, 0) is 46.7 Å². The minimum atomic E-state index is -0.226. The molecule has 0 amide bonds. The van der Waals surface area contributed by atoms with E-state index in [1.54, 1.807) is 36.4 Å². The fourth-order valence-corrected chi connectivity index (χ4v) is 3.55. The van der Waals surface area contributed by atoms with Crippen LogP contribution in [0.25, 0.3) is 11.1 Å². The Hall–Kier alpha value is -2.94. The third-order valence-corrected chi connectivity index (χ3v) is 4.83. The molecule has 0 atom stereocenters. The maximum absolute atomic E-state index is 13.9. The molecule has 28 heavy (non-hydrogen) atoms. The maximum atomic E-state index is 13.9. The Labute approximate surface area is 165 Å². The van der Waals surface area contributed by atoms with E-state index >= 15 is 0 Å². The van der Waals surface area contributed by atoms with Crippen molar-refractivity contribution in [1.29, 1.82) is 0 Å². The molecule has 0 saturated heterocycles.